The van der Waals surface area contributed by atoms with Gasteiger partial charge < -0.3 is 0 Å². The molecule has 96 valence electrons. The summed E-state index contributed by atoms with van der Waals surface area (Å²) in [5.74, 6) is 4.43. The van der Waals surface area contributed by atoms with Gasteiger partial charge in [-0.05, 0) is 36.8 Å². The first-order valence-electron chi connectivity index (χ1n) is 5.93. The van der Waals surface area contributed by atoms with Gasteiger partial charge >= 0.3 is 0 Å². The Morgan fingerprint density at radius 1 is 1.24 bits per heavy atom. The van der Waals surface area contributed by atoms with Gasteiger partial charge in [-0.15, -0.1) is 0 Å². The summed E-state index contributed by atoms with van der Waals surface area (Å²) in [7, 11) is 0. The van der Waals surface area contributed by atoms with Crippen LogP contribution < -0.4 is 11.3 Å². The van der Waals surface area contributed by atoms with Crippen molar-refractivity contribution in [2.24, 2.45) is 11.8 Å². The lowest BCUT2D eigenvalue weighted by Crippen LogP contribution is -2.37. The number of benzene rings is 1. The van der Waals surface area contributed by atoms with Crippen molar-refractivity contribution in [2.45, 2.75) is 39.2 Å². The molecule has 0 fully saturated rings. The van der Waals surface area contributed by atoms with Crippen molar-refractivity contribution >= 4 is 0 Å². The molecule has 2 nitrogen and oxygen atoms in total. The number of nitrogens with one attached hydrogen (secondary N) is 1. The van der Waals surface area contributed by atoms with Crippen molar-refractivity contribution in [3.05, 3.63) is 35.4 Å². The van der Waals surface area contributed by atoms with E-state index >= 15 is 0 Å². The first kappa shape index (κ1) is 14.1. The van der Waals surface area contributed by atoms with Crippen LogP contribution in [0, 0.1) is 17.6 Å². The Morgan fingerprint density at radius 3 is 2.53 bits per heavy atom. The maximum absolute atomic E-state index is 13.5. The van der Waals surface area contributed by atoms with Crippen LogP contribution in [0.2, 0.25) is 0 Å². The zero-order valence-electron chi connectivity index (χ0n) is 10.3. The van der Waals surface area contributed by atoms with Gasteiger partial charge in [0, 0.05) is 6.04 Å². The molecule has 0 spiro atoms. The fourth-order valence-electron chi connectivity index (χ4n) is 1.75. The van der Waals surface area contributed by atoms with E-state index < -0.39 is 11.6 Å². The van der Waals surface area contributed by atoms with E-state index in [4.69, 9.17) is 5.84 Å². The van der Waals surface area contributed by atoms with Crippen LogP contribution in [0.5, 0.6) is 0 Å². The summed E-state index contributed by atoms with van der Waals surface area (Å²) in [6, 6.07) is 4.22. The van der Waals surface area contributed by atoms with E-state index in [1.54, 1.807) is 6.07 Å². The van der Waals surface area contributed by atoms with Gasteiger partial charge in [0.2, 0.25) is 0 Å². The first-order chi connectivity index (χ1) is 8.04. The smallest absolute Gasteiger partial charge is 0.162 e. The molecule has 1 aromatic carbocycles. The summed E-state index contributed by atoms with van der Waals surface area (Å²) in [5, 5.41) is 0. The number of hydrogen-bond acceptors (Lipinski definition) is 2. The van der Waals surface area contributed by atoms with Crippen molar-refractivity contribution in [3.8, 4) is 0 Å². The third-order valence-electron chi connectivity index (χ3n) is 2.83. The van der Waals surface area contributed by atoms with Crippen LogP contribution in [0.3, 0.4) is 0 Å². The highest BCUT2D eigenvalue weighted by Gasteiger charge is 2.13. The third-order valence-corrected chi connectivity index (χ3v) is 2.83. The molecule has 3 N–H and O–H groups in total. The van der Waals surface area contributed by atoms with Gasteiger partial charge in [-0.25, -0.2) is 8.78 Å². The molecule has 1 unspecified atom stereocenters. The molecule has 0 aliphatic carbocycles. The molecule has 0 aromatic heterocycles. The lowest BCUT2D eigenvalue weighted by atomic mass is 9.98. The molecular weight excluding hydrogens is 222 g/mol. The van der Waals surface area contributed by atoms with Crippen molar-refractivity contribution in [1.29, 1.82) is 0 Å². The van der Waals surface area contributed by atoms with E-state index in [1.807, 2.05) is 0 Å². The molecule has 4 heteroatoms. The van der Waals surface area contributed by atoms with E-state index in [-0.39, 0.29) is 6.04 Å². The van der Waals surface area contributed by atoms with Crippen LogP contribution in [-0.2, 0) is 6.42 Å². The van der Waals surface area contributed by atoms with Gasteiger partial charge in [0.05, 0.1) is 0 Å². The van der Waals surface area contributed by atoms with Gasteiger partial charge in [-0.3, -0.25) is 11.3 Å². The van der Waals surface area contributed by atoms with E-state index in [0.29, 0.717) is 17.9 Å². The van der Waals surface area contributed by atoms with Crippen molar-refractivity contribution in [3.63, 3.8) is 0 Å². The zero-order chi connectivity index (χ0) is 12.8. The second-order valence-corrected chi connectivity index (χ2v) is 4.75. The summed E-state index contributed by atoms with van der Waals surface area (Å²) in [5.41, 5.74) is 3.04. The van der Waals surface area contributed by atoms with Crippen LogP contribution in [0.1, 0.15) is 32.3 Å². The second-order valence-electron chi connectivity index (χ2n) is 4.75. The van der Waals surface area contributed by atoms with Crippen molar-refractivity contribution in [1.82, 2.24) is 5.43 Å². The van der Waals surface area contributed by atoms with E-state index in [1.165, 1.54) is 6.07 Å². The van der Waals surface area contributed by atoms with Crippen LogP contribution >= 0.6 is 0 Å². The summed E-state index contributed by atoms with van der Waals surface area (Å²) in [6.07, 6.45) is 2.27. The predicted molar refractivity (Wildman–Crippen MR) is 65.2 cm³/mol. The summed E-state index contributed by atoms with van der Waals surface area (Å²) < 4.78 is 26.5. The number of rotatable bonds is 6. The second kappa shape index (κ2) is 6.67. The van der Waals surface area contributed by atoms with Gasteiger partial charge in [-0.2, -0.15) is 0 Å². The lowest BCUT2D eigenvalue weighted by molar-refractivity contribution is 0.423. The Hall–Kier alpha value is -1.00. The SMILES string of the molecule is CC(C)CCC(Cc1cccc(F)c1F)NN. The highest BCUT2D eigenvalue weighted by atomic mass is 19.2. The third kappa shape index (κ3) is 4.40. The maximum Gasteiger partial charge on any atom is 0.162 e. The highest BCUT2D eigenvalue weighted by Crippen LogP contribution is 2.16. The predicted octanol–water partition coefficient (Wildman–Crippen LogP) is 2.78. The maximum atomic E-state index is 13.5. The zero-order valence-corrected chi connectivity index (χ0v) is 10.3. The van der Waals surface area contributed by atoms with Gasteiger partial charge in [0.1, 0.15) is 0 Å². The molecule has 1 aromatic rings. The molecule has 1 atom stereocenters. The minimum Gasteiger partial charge on any atom is -0.271 e. The molecule has 0 bridgehead atoms. The Morgan fingerprint density at radius 2 is 1.94 bits per heavy atom. The number of nitrogens with two attached hydrogens (primary N) is 1. The first-order valence-corrected chi connectivity index (χ1v) is 5.93. The Bertz CT molecular complexity index is 353. The minimum atomic E-state index is -0.804. The largest absolute Gasteiger partial charge is 0.271 e. The molecule has 0 amide bonds. The lowest BCUT2D eigenvalue weighted by Gasteiger charge is -2.17. The quantitative estimate of drug-likeness (QED) is 0.594. The van der Waals surface area contributed by atoms with Gasteiger partial charge in [0.25, 0.3) is 0 Å². The Labute approximate surface area is 101 Å². The number of hydrogen-bond donors (Lipinski definition) is 2. The molecule has 0 heterocycles. The van der Waals surface area contributed by atoms with Crippen LogP contribution in [0.25, 0.3) is 0 Å². The molecular formula is C13H20F2N2. The van der Waals surface area contributed by atoms with Crippen molar-refractivity contribution < 1.29 is 8.78 Å². The van der Waals surface area contributed by atoms with E-state index in [0.717, 1.165) is 18.9 Å². The topological polar surface area (TPSA) is 38.0 Å². The Kier molecular flexibility index (Phi) is 5.51. The van der Waals surface area contributed by atoms with Gasteiger partial charge in [-0.1, -0.05) is 26.0 Å². The summed E-state index contributed by atoms with van der Waals surface area (Å²) in [4.78, 5) is 0. The fourth-order valence-corrected chi connectivity index (χ4v) is 1.75. The molecule has 17 heavy (non-hydrogen) atoms. The average Bonchev–Trinajstić information content (AvgIpc) is 2.29. The Balaban J connectivity index is 2.64. The molecule has 0 saturated carbocycles. The molecule has 0 aliphatic heterocycles. The number of halogens is 2. The van der Waals surface area contributed by atoms with Crippen LogP contribution in [-0.4, -0.2) is 6.04 Å². The summed E-state index contributed by atoms with van der Waals surface area (Å²) in [6.45, 7) is 4.24. The fraction of sp³-hybridized carbons (Fsp3) is 0.538. The number of hydrazine groups is 1. The molecule has 1 rings (SSSR count). The average molecular weight is 242 g/mol. The normalized spacial score (nSPS) is 13.1. The van der Waals surface area contributed by atoms with Crippen molar-refractivity contribution in [2.75, 3.05) is 0 Å². The van der Waals surface area contributed by atoms with Crippen LogP contribution in [0.15, 0.2) is 18.2 Å². The molecule has 0 aliphatic rings. The van der Waals surface area contributed by atoms with E-state index in [9.17, 15) is 8.78 Å². The molecule has 0 saturated heterocycles. The monoisotopic (exact) mass is 242 g/mol. The summed E-state index contributed by atoms with van der Waals surface area (Å²) >= 11 is 0. The minimum absolute atomic E-state index is 0.0197. The van der Waals surface area contributed by atoms with Gasteiger partial charge in [0.15, 0.2) is 11.6 Å². The highest BCUT2D eigenvalue weighted by molar-refractivity contribution is 5.19. The molecule has 0 radical (unpaired) electrons. The van der Waals surface area contributed by atoms with Crippen LogP contribution in [0.4, 0.5) is 8.78 Å². The standard InChI is InChI=1S/C13H20F2N2/c1-9(2)6-7-11(17-16)8-10-4-3-5-12(14)13(10)15/h3-5,9,11,17H,6-8,16H2,1-2H3. The van der Waals surface area contributed by atoms with E-state index in [2.05, 4.69) is 19.3 Å².